The van der Waals surface area contributed by atoms with E-state index >= 15 is 0 Å². The highest BCUT2D eigenvalue weighted by Gasteiger charge is 2.07. The van der Waals surface area contributed by atoms with Gasteiger partial charge in [-0.15, -0.1) is 0 Å². The summed E-state index contributed by atoms with van der Waals surface area (Å²) in [5.41, 5.74) is 0. The monoisotopic (exact) mass is 208 g/mol. The number of aliphatic hydroxyl groups excluding tert-OH is 2. The van der Waals surface area contributed by atoms with Gasteiger partial charge >= 0.3 is 0 Å². The average molecular weight is 209 g/mol. The zero-order valence-corrected chi connectivity index (χ0v) is 7.63. The standard InChI is InChI=1S/C7H13BrO2/c1-5(8)3-7(10)4-6(2)9/h6-7,9-10H,1,3-4H2,2H3/t6-,7+/m1/s1. The fraction of sp³-hybridized carbons (Fsp3) is 0.714. The second-order valence-corrected chi connectivity index (χ2v) is 3.58. The van der Waals surface area contributed by atoms with Crippen molar-refractivity contribution in [2.45, 2.75) is 32.0 Å². The van der Waals surface area contributed by atoms with Gasteiger partial charge in [-0.1, -0.05) is 22.5 Å². The first kappa shape index (κ1) is 10.1. The van der Waals surface area contributed by atoms with Crippen molar-refractivity contribution in [3.05, 3.63) is 11.1 Å². The minimum atomic E-state index is -0.480. The number of hydrogen-bond acceptors (Lipinski definition) is 2. The van der Waals surface area contributed by atoms with E-state index in [1.54, 1.807) is 6.92 Å². The van der Waals surface area contributed by atoms with Gasteiger partial charge in [0.1, 0.15) is 0 Å². The minimum absolute atomic E-state index is 0.407. The van der Waals surface area contributed by atoms with Crippen LogP contribution in [0.25, 0.3) is 0 Å². The second kappa shape index (κ2) is 4.88. The molecule has 0 aliphatic heterocycles. The Kier molecular flexibility index (Phi) is 4.95. The summed E-state index contributed by atoms with van der Waals surface area (Å²) in [5, 5.41) is 18.0. The van der Waals surface area contributed by atoms with E-state index in [1.807, 2.05) is 0 Å². The third-order valence-corrected chi connectivity index (χ3v) is 1.39. The normalized spacial score (nSPS) is 16.4. The molecule has 2 atom stereocenters. The van der Waals surface area contributed by atoms with E-state index in [0.29, 0.717) is 12.8 Å². The van der Waals surface area contributed by atoms with Gasteiger partial charge in [-0.2, -0.15) is 0 Å². The maximum Gasteiger partial charge on any atom is 0.0610 e. The van der Waals surface area contributed by atoms with E-state index in [9.17, 15) is 0 Å². The Morgan fingerprint density at radius 3 is 2.40 bits per heavy atom. The van der Waals surface area contributed by atoms with E-state index in [-0.39, 0.29) is 0 Å². The van der Waals surface area contributed by atoms with Crippen molar-refractivity contribution in [2.24, 2.45) is 0 Å². The van der Waals surface area contributed by atoms with Gasteiger partial charge in [0.25, 0.3) is 0 Å². The molecule has 0 saturated carbocycles. The smallest absolute Gasteiger partial charge is 0.0610 e. The Hall–Kier alpha value is 0.140. The van der Waals surface area contributed by atoms with Crippen LogP contribution in [0.15, 0.2) is 11.1 Å². The summed E-state index contributed by atoms with van der Waals surface area (Å²) < 4.78 is 0.764. The molecule has 2 nitrogen and oxygen atoms in total. The fourth-order valence-electron chi connectivity index (χ4n) is 0.733. The Morgan fingerprint density at radius 1 is 1.60 bits per heavy atom. The molecule has 0 aromatic carbocycles. The largest absolute Gasteiger partial charge is 0.393 e. The molecular weight excluding hydrogens is 196 g/mol. The van der Waals surface area contributed by atoms with Gasteiger partial charge in [-0.25, -0.2) is 0 Å². The molecule has 0 amide bonds. The molecule has 0 fully saturated rings. The molecule has 0 aromatic heterocycles. The second-order valence-electron chi connectivity index (χ2n) is 2.46. The van der Waals surface area contributed by atoms with E-state index < -0.39 is 12.2 Å². The topological polar surface area (TPSA) is 40.5 Å². The molecule has 10 heavy (non-hydrogen) atoms. The summed E-state index contributed by atoms with van der Waals surface area (Å²) in [4.78, 5) is 0. The third kappa shape index (κ3) is 6.26. The number of rotatable bonds is 4. The molecule has 0 aliphatic carbocycles. The highest BCUT2D eigenvalue weighted by Crippen LogP contribution is 2.12. The molecule has 3 heteroatoms. The minimum Gasteiger partial charge on any atom is -0.393 e. The molecule has 0 bridgehead atoms. The Bertz CT molecular complexity index is 112. The summed E-state index contributed by atoms with van der Waals surface area (Å²) in [7, 11) is 0. The summed E-state index contributed by atoms with van der Waals surface area (Å²) in [5.74, 6) is 0. The van der Waals surface area contributed by atoms with Gasteiger partial charge in [-0.3, -0.25) is 0 Å². The lowest BCUT2D eigenvalue weighted by molar-refractivity contribution is 0.0921. The predicted molar refractivity (Wildman–Crippen MR) is 45.0 cm³/mol. The maximum atomic E-state index is 9.14. The van der Waals surface area contributed by atoms with Crippen LogP contribution in [-0.4, -0.2) is 22.4 Å². The predicted octanol–water partition coefficient (Wildman–Crippen LogP) is 1.42. The molecule has 60 valence electrons. The van der Waals surface area contributed by atoms with E-state index in [4.69, 9.17) is 10.2 Å². The molecule has 0 saturated heterocycles. The van der Waals surface area contributed by atoms with Crippen molar-refractivity contribution in [3.8, 4) is 0 Å². The van der Waals surface area contributed by atoms with Crippen LogP contribution in [0.3, 0.4) is 0 Å². The zero-order chi connectivity index (χ0) is 8.15. The van der Waals surface area contributed by atoms with E-state index in [0.717, 1.165) is 4.48 Å². The van der Waals surface area contributed by atoms with Crippen LogP contribution >= 0.6 is 15.9 Å². The van der Waals surface area contributed by atoms with Crippen LogP contribution in [0.4, 0.5) is 0 Å². The summed E-state index contributed by atoms with van der Waals surface area (Å²) in [6.07, 6.45) is -0.0103. The lowest BCUT2D eigenvalue weighted by atomic mass is 10.1. The Balaban J connectivity index is 3.43. The van der Waals surface area contributed by atoms with Crippen molar-refractivity contribution in [2.75, 3.05) is 0 Å². The molecule has 0 aliphatic rings. The molecule has 2 N–H and O–H groups in total. The average Bonchev–Trinajstić information content (AvgIpc) is 1.58. The SMILES string of the molecule is C=C(Br)C[C@H](O)C[C@@H](C)O. The first-order valence-electron chi connectivity index (χ1n) is 3.21. The van der Waals surface area contributed by atoms with Gasteiger partial charge < -0.3 is 10.2 Å². The first-order valence-corrected chi connectivity index (χ1v) is 4.01. The summed E-state index contributed by atoms with van der Waals surface area (Å²) >= 11 is 3.13. The lowest BCUT2D eigenvalue weighted by Gasteiger charge is -2.10. The summed E-state index contributed by atoms with van der Waals surface area (Å²) in [6.45, 7) is 5.23. The highest BCUT2D eigenvalue weighted by molar-refractivity contribution is 9.11. The Morgan fingerprint density at radius 2 is 2.10 bits per heavy atom. The fourth-order valence-corrected chi connectivity index (χ4v) is 1.11. The van der Waals surface area contributed by atoms with Gasteiger partial charge in [-0.05, 0) is 17.8 Å². The van der Waals surface area contributed by atoms with Crippen molar-refractivity contribution in [3.63, 3.8) is 0 Å². The van der Waals surface area contributed by atoms with Crippen molar-refractivity contribution in [1.29, 1.82) is 0 Å². The molecule has 0 rings (SSSR count). The number of halogens is 1. The first-order chi connectivity index (χ1) is 4.52. The van der Waals surface area contributed by atoms with Gasteiger partial charge in [0, 0.05) is 6.42 Å². The van der Waals surface area contributed by atoms with Crippen LogP contribution < -0.4 is 0 Å². The van der Waals surface area contributed by atoms with Crippen LogP contribution in [0.1, 0.15) is 19.8 Å². The van der Waals surface area contributed by atoms with Crippen molar-refractivity contribution < 1.29 is 10.2 Å². The number of aliphatic hydroxyl groups is 2. The van der Waals surface area contributed by atoms with Gasteiger partial charge in [0.05, 0.1) is 12.2 Å². The van der Waals surface area contributed by atoms with Crippen LogP contribution in [0.5, 0.6) is 0 Å². The molecule has 0 unspecified atom stereocenters. The van der Waals surface area contributed by atoms with Crippen molar-refractivity contribution >= 4 is 15.9 Å². The van der Waals surface area contributed by atoms with Crippen LogP contribution in [0, 0.1) is 0 Å². The lowest BCUT2D eigenvalue weighted by Crippen LogP contribution is -2.14. The molecule has 0 radical (unpaired) electrons. The van der Waals surface area contributed by atoms with Gasteiger partial charge in [0.2, 0.25) is 0 Å². The zero-order valence-electron chi connectivity index (χ0n) is 6.05. The van der Waals surface area contributed by atoms with E-state index in [1.165, 1.54) is 0 Å². The molecular formula is C7H13BrO2. The third-order valence-electron chi connectivity index (χ3n) is 1.07. The Labute approximate surface area is 69.7 Å². The van der Waals surface area contributed by atoms with Crippen LogP contribution in [-0.2, 0) is 0 Å². The molecule has 0 aromatic rings. The quantitative estimate of drug-likeness (QED) is 0.734. The maximum absolute atomic E-state index is 9.14. The highest BCUT2D eigenvalue weighted by atomic mass is 79.9. The summed E-state index contributed by atoms with van der Waals surface area (Å²) in [6, 6.07) is 0. The van der Waals surface area contributed by atoms with E-state index in [2.05, 4.69) is 22.5 Å². The van der Waals surface area contributed by atoms with Gasteiger partial charge in [0.15, 0.2) is 0 Å². The van der Waals surface area contributed by atoms with Crippen molar-refractivity contribution in [1.82, 2.24) is 0 Å². The molecule has 0 spiro atoms. The van der Waals surface area contributed by atoms with Crippen LogP contribution in [0.2, 0.25) is 0 Å². The number of hydrogen-bond donors (Lipinski definition) is 2. The molecule has 0 heterocycles.